The fourth-order valence-electron chi connectivity index (χ4n) is 3.16. The van der Waals surface area contributed by atoms with Crippen LogP contribution < -0.4 is 16.4 Å². The van der Waals surface area contributed by atoms with E-state index in [2.05, 4.69) is 36.9 Å². The number of azide groups is 1. The van der Waals surface area contributed by atoms with Crippen molar-refractivity contribution in [3.63, 3.8) is 0 Å². The SMILES string of the molecule is C.C#CCNC(=O)OCC(COCCOC)OCCOC.CC(=O)C(N)CCN=[N+]=[N-].COCCOCC(COC(=O)NCc1cn([IH]F)nn1)OCCOC.[Nb]. The van der Waals surface area contributed by atoms with E-state index in [1.54, 1.807) is 28.4 Å². The second-order valence-corrected chi connectivity index (χ2v) is 11.8. The van der Waals surface area contributed by atoms with E-state index < -0.39 is 46.4 Å². The molecule has 331 valence electrons. The molecule has 0 saturated heterocycles. The quantitative estimate of drug-likeness (QED) is 0.0189. The molecular weight excluding hydrogens is 957 g/mol. The molecule has 3 unspecified atom stereocenters. The molecule has 0 aliphatic rings. The zero-order valence-electron chi connectivity index (χ0n) is 32.5. The molecule has 1 aromatic rings. The van der Waals surface area contributed by atoms with Gasteiger partial charge in [-0.1, -0.05) is 18.5 Å². The van der Waals surface area contributed by atoms with Crippen LogP contribution in [0.4, 0.5) is 12.4 Å². The van der Waals surface area contributed by atoms with Crippen LogP contribution in [-0.4, -0.2) is 170 Å². The average molecular weight is 1020 g/mol. The van der Waals surface area contributed by atoms with E-state index in [-0.39, 0.29) is 81.1 Å². The van der Waals surface area contributed by atoms with Gasteiger partial charge in [-0.15, -0.1) is 6.42 Å². The van der Waals surface area contributed by atoms with Crippen molar-refractivity contribution in [1.82, 2.24) is 23.8 Å². The second kappa shape index (κ2) is 46.0. The van der Waals surface area contributed by atoms with Crippen LogP contribution in [-0.2, 0) is 81.1 Å². The van der Waals surface area contributed by atoms with Crippen LogP contribution in [0.15, 0.2) is 11.3 Å². The Balaban J connectivity index is -0.000000394. The Morgan fingerprint density at radius 2 is 1.40 bits per heavy atom. The molecule has 4 N–H and O–H groups in total. The smallest absolute Gasteiger partial charge is 0.382 e. The van der Waals surface area contributed by atoms with Gasteiger partial charge in [0.2, 0.25) is 0 Å². The van der Waals surface area contributed by atoms with Gasteiger partial charge < -0.3 is 44.2 Å². The number of Topliss-reactive ketones (excluding diaryl/α,β-unsaturated/α-hetero) is 1. The summed E-state index contributed by atoms with van der Waals surface area (Å²) < 4.78 is 65.0. The number of rotatable bonds is 30. The number of ether oxygens (including phenoxy) is 10. The van der Waals surface area contributed by atoms with Crippen LogP contribution >= 0.6 is 22.1 Å². The number of ketones is 1. The van der Waals surface area contributed by atoms with Crippen LogP contribution in [0.25, 0.3) is 10.4 Å². The topological polar surface area (TPSA) is 273 Å². The zero-order chi connectivity index (χ0) is 41.4. The number of nitrogens with two attached hydrogens (primary N) is 1. The molecule has 2 amide bonds. The Hall–Kier alpha value is -2.74. The summed E-state index contributed by atoms with van der Waals surface area (Å²) in [6.07, 6.45) is 4.89. The van der Waals surface area contributed by atoms with Crippen molar-refractivity contribution in [3.8, 4) is 12.3 Å². The Kier molecular flexibility index (Phi) is 49.1. The molecule has 0 fully saturated rings. The van der Waals surface area contributed by atoms with Gasteiger partial charge >= 0.3 is 132 Å². The number of hydrogen-bond acceptors (Lipinski definition) is 17. The summed E-state index contributed by atoms with van der Waals surface area (Å²) in [6.45, 7) is 6.05. The fourth-order valence-corrected chi connectivity index (χ4v) is 3.81. The van der Waals surface area contributed by atoms with Crippen LogP contribution in [0.3, 0.4) is 0 Å². The number of nitrogens with zero attached hydrogens (tertiary/aromatic N) is 6. The normalized spacial score (nSPS) is 11.5. The van der Waals surface area contributed by atoms with E-state index >= 15 is 0 Å². The summed E-state index contributed by atoms with van der Waals surface area (Å²) >= 11 is -1.84. The van der Waals surface area contributed by atoms with Crippen molar-refractivity contribution in [1.29, 1.82) is 0 Å². The van der Waals surface area contributed by atoms with Gasteiger partial charge in [0.05, 0.1) is 52.2 Å². The number of amides is 2. The predicted octanol–water partition coefficient (Wildman–Crippen LogP) is 1.83. The maximum atomic E-state index is 12.5. The summed E-state index contributed by atoms with van der Waals surface area (Å²) in [7, 11) is 6.32. The predicted molar refractivity (Wildman–Crippen MR) is 211 cm³/mol. The first-order valence-corrected chi connectivity index (χ1v) is 18.6. The number of carbonyl (C=O) groups excluding carboxylic acids is 3. The van der Waals surface area contributed by atoms with E-state index in [0.717, 1.165) is 2.90 Å². The van der Waals surface area contributed by atoms with Gasteiger partial charge in [-0.2, -0.15) is 0 Å². The first-order valence-electron chi connectivity index (χ1n) is 16.7. The van der Waals surface area contributed by atoms with Gasteiger partial charge in [-0.3, -0.25) is 4.79 Å². The Morgan fingerprint density at radius 3 is 1.82 bits per heavy atom. The molecule has 1 radical (unpaired) electrons. The minimum atomic E-state index is -1.84. The summed E-state index contributed by atoms with van der Waals surface area (Å²) in [5.41, 5.74) is 13.6. The first-order chi connectivity index (χ1) is 26.6. The summed E-state index contributed by atoms with van der Waals surface area (Å²) in [4.78, 5) is 36.0. The number of hydrogen-bond donors (Lipinski definition) is 3. The van der Waals surface area contributed by atoms with Gasteiger partial charge in [0.25, 0.3) is 0 Å². The number of aromatic nitrogens is 3. The molecule has 0 bridgehead atoms. The van der Waals surface area contributed by atoms with Gasteiger partial charge in [-0.25, -0.2) is 4.79 Å². The minimum Gasteiger partial charge on any atom is -0.382 e. The molecule has 25 heteroatoms. The van der Waals surface area contributed by atoms with Gasteiger partial charge in [0.15, 0.2) is 0 Å². The summed E-state index contributed by atoms with van der Waals surface area (Å²) in [5.74, 6) is 2.20. The van der Waals surface area contributed by atoms with Gasteiger partial charge in [-0.05, 0) is 18.9 Å². The zero-order valence-corrected chi connectivity index (χ0v) is 37.0. The molecule has 0 spiro atoms. The molecule has 57 heavy (non-hydrogen) atoms. The number of terminal acetylenes is 1. The number of carbonyl (C=O) groups is 3. The first kappa shape index (κ1) is 60.9. The van der Waals surface area contributed by atoms with Gasteiger partial charge in [0.1, 0.15) is 18.5 Å². The summed E-state index contributed by atoms with van der Waals surface area (Å²) in [5, 5.41) is 15.4. The third kappa shape index (κ3) is 41.2. The standard InChI is InChI=1S/C13H24FIN4O6.C13H23NO6.C5H10N4O.CH4.Nb/c1-21-3-5-23-9-12(24-6-4-22-2)10-25-13(20)16-7-11-8-19(15-14)18-17-11;1-4-5-14-13(15)20-11-12(19-9-7-17-3)10-18-8-6-16-2;1-4(10)5(6)2-3-8-9-7;;/h8,12,15H,3-7,9-10H2,1-2H3,(H,16,20);1,12H,5-11H2,2-3H3,(H,14,15);5H,2-3,6H2,1H3;1H4;. The van der Waals surface area contributed by atoms with Crippen molar-refractivity contribution in [2.45, 2.75) is 45.6 Å². The molecule has 3 atom stereocenters. The summed E-state index contributed by atoms with van der Waals surface area (Å²) in [6, 6.07) is -0.481. The van der Waals surface area contributed by atoms with Crippen molar-refractivity contribution in [2.24, 2.45) is 10.8 Å². The van der Waals surface area contributed by atoms with E-state index in [0.29, 0.717) is 71.6 Å². The number of methoxy groups -OCH3 is 4. The van der Waals surface area contributed by atoms with Crippen molar-refractivity contribution < 1.29 is 87.0 Å². The third-order valence-electron chi connectivity index (χ3n) is 6.02. The molecule has 0 aliphatic heterocycles. The molecule has 1 rings (SSSR count). The van der Waals surface area contributed by atoms with E-state index in [9.17, 15) is 17.2 Å². The third-order valence-corrected chi connectivity index (χ3v) is 6.93. The molecule has 0 aliphatic carbocycles. The average Bonchev–Trinajstić information content (AvgIpc) is 3.66. The Bertz CT molecular complexity index is 1200. The van der Waals surface area contributed by atoms with Crippen LogP contribution in [0.2, 0.25) is 0 Å². The van der Waals surface area contributed by atoms with Crippen LogP contribution in [0, 0.1) is 12.3 Å². The van der Waals surface area contributed by atoms with Crippen molar-refractivity contribution in [2.75, 3.05) is 121 Å². The van der Waals surface area contributed by atoms with E-state index in [1.165, 1.54) is 13.1 Å². The molecule has 22 nitrogen and oxygen atoms in total. The van der Waals surface area contributed by atoms with Crippen molar-refractivity contribution in [3.05, 3.63) is 22.3 Å². The molecule has 0 aromatic carbocycles. The molecule has 1 aromatic heterocycles. The molecule has 1 heterocycles. The maximum absolute atomic E-state index is 12.5. The number of alkyl carbamates (subject to hydrolysis) is 2. The second-order valence-electron chi connectivity index (χ2n) is 10.4. The number of halogens is 2. The number of nitrogens with one attached hydrogen (secondary N) is 2. The van der Waals surface area contributed by atoms with Gasteiger partial charge in [0, 0.05) is 62.3 Å². The van der Waals surface area contributed by atoms with Crippen LogP contribution in [0.1, 0.15) is 26.5 Å². The minimum absolute atomic E-state index is 0. The molecular formula is C32H61FIN9NbO13. The van der Waals surface area contributed by atoms with Crippen molar-refractivity contribution >= 4 is 40.0 Å². The monoisotopic (exact) mass is 1020 g/mol. The fraction of sp³-hybridized carbons (Fsp3) is 0.781. The van der Waals surface area contributed by atoms with Crippen LogP contribution in [0.5, 0.6) is 0 Å². The molecule has 0 saturated carbocycles. The Morgan fingerprint density at radius 1 is 0.912 bits per heavy atom. The van der Waals surface area contributed by atoms with E-state index in [4.69, 9.17) is 65.1 Å². The van der Waals surface area contributed by atoms with E-state index in [1.807, 2.05) is 0 Å². The Labute approximate surface area is 361 Å².